The molecule has 0 spiro atoms. The standard InChI is InChI=1S/C9H19N3O3S/c1-3-8(9(13)11-10)12(2)7-4-5-16(14,15)6-7/h7-8H,3-6,10H2,1-2H3,(H,11,13). The fraction of sp³-hybridized carbons (Fsp3) is 0.889. The molecule has 0 aliphatic carbocycles. The van der Waals surface area contributed by atoms with E-state index in [0.717, 1.165) is 0 Å². The average molecular weight is 249 g/mol. The number of carbonyl (C=O) groups is 1. The molecule has 1 aliphatic heterocycles. The van der Waals surface area contributed by atoms with Gasteiger partial charge in [-0.25, -0.2) is 14.3 Å². The van der Waals surface area contributed by atoms with E-state index >= 15 is 0 Å². The van der Waals surface area contributed by atoms with Crippen molar-refractivity contribution < 1.29 is 13.2 Å². The number of hydrazine groups is 1. The highest BCUT2D eigenvalue weighted by atomic mass is 32.2. The Morgan fingerprint density at radius 1 is 1.62 bits per heavy atom. The van der Waals surface area contributed by atoms with Crippen LogP contribution in [0.1, 0.15) is 19.8 Å². The molecule has 2 atom stereocenters. The minimum absolute atomic E-state index is 0.0766. The summed E-state index contributed by atoms with van der Waals surface area (Å²) in [6, 6.07) is -0.435. The minimum atomic E-state index is -2.92. The fourth-order valence-corrected chi connectivity index (χ4v) is 3.89. The van der Waals surface area contributed by atoms with Crippen molar-refractivity contribution in [1.29, 1.82) is 0 Å². The van der Waals surface area contributed by atoms with E-state index in [-0.39, 0.29) is 29.5 Å². The highest BCUT2D eigenvalue weighted by Gasteiger charge is 2.35. The Hall–Kier alpha value is -0.660. The number of sulfone groups is 1. The largest absolute Gasteiger partial charge is 0.293 e. The minimum Gasteiger partial charge on any atom is -0.293 e. The summed E-state index contributed by atoms with van der Waals surface area (Å²) in [4.78, 5) is 13.3. The summed E-state index contributed by atoms with van der Waals surface area (Å²) >= 11 is 0. The first-order valence-electron chi connectivity index (χ1n) is 5.34. The molecule has 94 valence electrons. The summed E-state index contributed by atoms with van der Waals surface area (Å²) in [5, 5.41) is 0. The second-order valence-electron chi connectivity index (χ2n) is 4.15. The van der Waals surface area contributed by atoms with Crippen LogP contribution in [-0.4, -0.2) is 49.9 Å². The van der Waals surface area contributed by atoms with Crippen LogP contribution in [0.25, 0.3) is 0 Å². The summed E-state index contributed by atoms with van der Waals surface area (Å²) in [6.45, 7) is 1.87. The van der Waals surface area contributed by atoms with Gasteiger partial charge in [-0.1, -0.05) is 6.92 Å². The summed E-state index contributed by atoms with van der Waals surface area (Å²) < 4.78 is 22.7. The van der Waals surface area contributed by atoms with Gasteiger partial charge < -0.3 is 0 Å². The van der Waals surface area contributed by atoms with Gasteiger partial charge in [0.15, 0.2) is 9.84 Å². The molecule has 0 aromatic rings. The maximum Gasteiger partial charge on any atom is 0.251 e. The molecular weight excluding hydrogens is 230 g/mol. The third-order valence-electron chi connectivity index (χ3n) is 3.11. The van der Waals surface area contributed by atoms with Crippen LogP contribution >= 0.6 is 0 Å². The molecule has 1 heterocycles. The molecule has 3 N–H and O–H groups in total. The molecule has 7 heteroatoms. The number of hydrogen-bond donors (Lipinski definition) is 2. The van der Waals surface area contributed by atoms with Gasteiger partial charge in [-0.05, 0) is 19.9 Å². The zero-order chi connectivity index (χ0) is 12.3. The summed E-state index contributed by atoms with van der Waals surface area (Å²) in [7, 11) is -1.15. The van der Waals surface area contributed by atoms with Crippen molar-refractivity contribution in [2.45, 2.75) is 31.8 Å². The van der Waals surface area contributed by atoms with Crippen LogP contribution in [0.3, 0.4) is 0 Å². The third-order valence-corrected chi connectivity index (χ3v) is 4.86. The predicted octanol–water partition coefficient (Wildman–Crippen LogP) is -1.13. The molecule has 0 bridgehead atoms. The lowest BCUT2D eigenvalue weighted by Crippen LogP contribution is -2.51. The Kier molecular flexibility index (Phi) is 4.28. The molecule has 1 saturated heterocycles. The van der Waals surface area contributed by atoms with Gasteiger partial charge in [0.25, 0.3) is 5.91 Å². The van der Waals surface area contributed by atoms with Gasteiger partial charge in [0.2, 0.25) is 0 Å². The van der Waals surface area contributed by atoms with Crippen LogP contribution in [0.4, 0.5) is 0 Å². The first-order valence-corrected chi connectivity index (χ1v) is 7.16. The Labute approximate surface area is 96.1 Å². The highest BCUT2D eigenvalue weighted by molar-refractivity contribution is 7.91. The van der Waals surface area contributed by atoms with Gasteiger partial charge in [0, 0.05) is 6.04 Å². The first-order chi connectivity index (χ1) is 7.41. The van der Waals surface area contributed by atoms with E-state index in [1.807, 2.05) is 11.8 Å². The van der Waals surface area contributed by atoms with Crippen LogP contribution < -0.4 is 11.3 Å². The van der Waals surface area contributed by atoms with Crippen molar-refractivity contribution in [3.8, 4) is 0 Å². The lowest BCUT2D eigenvalue weighted by atomic mass is 10.1. The lowest BCUT2D eigenvalue weighted by Gasteiger charge is -2.30. The Balaban J connectivity index is 2.70. The van der Waals surface area contributed by atoms with Gasteiger partial charge >= 0.3 is 0 Å². The van der Waals surface area contributed by atoms with Crippen LogP contribution in [0.15, 0.2) is 0 Å². The lowest BCUT2D eigenvalue weighted by molar-refractivity contribution is -0.126. The molecule has 1 amide bonds. The highest BCUT2D eigenvalue weighted by Crippen LogP contribution is 2.19. The zero-order valence-electron chi connectivity index (χ0n) is 9.64. The second kappa shape index (κ2) is 5.11. The molecular formula is C9H19N3O3S. The Morgan fingerprint density at radius 2 is 2.25 bits per heavy atom. The van der Waals surface area contributed by atoms with Crippen LogP contribution in [0.5, 0.6) is 0 Å². The number of nitrogens with zero attached hydrogens (tertiary/aromatic N) is 1. The molecule has 1 fully saturated rings. The van der Waals surface area contributed by atoms with Crippen molar-refractivity contribution in [3.05, 3.63) is 0 Å². The van der Waals surface area contributed by atoms with Crippen LogP contribution in [-0.2, 0) is 14.6 Å². The average Bonchev–Trinajstić information content (AvgIpc) is 2.59. The quantitative estimate of drug-likeness (QED) is 0.374. The van der Waals surface area contributed by atoms with Gasteiger partial charge in [0.1, 0.15) is 0 Å². The number of amides is 1. The topological polar surface area (TPSA) is 92.5 Å². The molecule has 0 aromatic heterocycles. The summed E-state index contributed by atoms with van der Waals surface area (Å²) in [5.74, 6) is 5.17. The maximum absolute atomic E-state index is 11.5. The molecule has 1 rings (SSSR count). The molecule has 1 aliphatic rings. The van der Waals surface area contributed by atoms with Gasteiger partial charge in [-0.15, -0.1) is 0 Å². The van der Waals surface area contributed by atoms with E-state index in [2.05, 4.69) is 5.43 Å². The fourth-order valence-electron chi connectivity index (χ4n) is 2.11. The molecule has 16 heavy (non-hydrogen) atoms. The molecule has 2 unspecified atom stereocenters. The van der Waals surface area contributed by atoms with Gasteiger partial charge in [-0.3, -0.25) is 15.1 Å². The van der Waals surface area contributed by atoms with E-state index in [1.54, 1.807) is 7.05 Å². The number of carbonyl (C=O) groups excluding carboxylic acids is 1. The van der Waals surface area contributed by atoms with Crippen LogP contribution in [0, 0.1) is 0 Å². The molecule has 6 nitrogen and oxygen atoms in total. The normalized spacial score (nSPS) is 25.6. The summed E-state index contributed by atoms with van der Waals surface area (Å²) in [6.07, 6.45) is 1.20. The van der Waals surface area contributed by atoms with E-state index < -0.39 is 9.84 Å². The SMILES string of the molecule is CCC(C(=O)NN)N(C)C1CCS(=O)(=O)C1. The monoisotopic (exact) mass is 249 g/mol. The number of nitrogens with one attached hydrogen (secondary N) is 1. The Morgan fingerprint density at radius 3 is 2.62 bits per heavy atom. The first kappa shape index (κ1) is 13.4. The van der Waals surface area contributed by atoms with Crippen molar-refractivity contribution in [2.75, 3.05) is 18.6 Å². The number of hydrogen-bond acceptors (Lipinski definition) is 5. The van der Waals surface area contributed by atoms with Crippen molar-refractivity contribution in [1.82, 2.24) is 10.3 Å². The number of nitrogens with two attached hydrogens (primary N) is 1. The number of likely N-dealkylation sites (N-methyl/N-ethyl adjacent to an activating group) is 1. The van der Waals surface area contributed by atoms with Crippen LogP contribution in [0.2, 0.25) is 0 Å². The van der Waals surface area contributed by atoms with Crippen molar-refractivity contribution in [2.24, 2.45) is 5.84 Å². The molecule has 0 radical (unpaired) electrons. The predicted molar refractivity (Wildman–Crippen MR) is 61.2 cm³/mol. The third kappa shape index (κ3) is 2.93. The van der Waals surface area contributed by atoms with E-state index in [0.29, 0.717) is 12.8 Å². The maximum atomic E-state index is 11.5. The van der Waals surface area contributed by atoms with E-state index in [4.69, 9.17) is 5.84 Å². The van der Waals surface area contributed by atoms with Crippen molar-refractivity contribution >= 4 is 15.7 Å². The van der Waals surface area contributed by atoms with Gasteiger partial charge in [0.05, 0.1) is 17.5 Å². The zero-order valence-corrected chi connectivity index (χ0v) is 10.5. The van der Waals surface area contributed by atoms with E-state index in [9.17, 15) is 13.2 Å². The summed E-state index contributed by atoms with van der Waals surface area (Å²) in [5.41, 5.74) is 2.11. The van der Waals surface area contributed by atoms with Gasteiger partial charge in [-0.2, -0.15) is 0 Å². The molecule has 0 aromatic carbocycles. The Bertz CT molecular complexity index is 355. The van der Waals surface area contributed by atoms with Crippen molar-refractivity contribution in [3.63, 3.8) is 0 Å². The number of rotatable bonds is 4. The smallest absolute Gasteiger partial charge is 0.251 e. The second-order valence-corrected chi connectivity index (χ2v) is 6.38. The molecule has 0 saturated carbocycles. The van der Waals surface area contributed by atoms with E-state index in [1.165, 1.54) is 0 Å².